The van der Waals surface area contributed by atoms with Gasteiger partial charge in [0.05, 0.1) is 52.6 Å². The molecular formula is C61H68Cl7N11O6S2. The molecule has 0 saturated carbocycles. The summed E-state index contributed by atoms with van der Waals surface area (Å²) in [4.78, 5) is 20.2. The quantitative estimate of drug-likeness (QED) is 0.0705. The third-order valence-corrected chi connectivity index (χ3v) is 20.4. The van der Waals surface area contributed by atoms with Crippen molar-refractivity contribution in [2.75, 3.05) is 86.8 Å². The number of sulfonamides is 1. The Kier molecular flexibility index (Phi) is 23.0. The van der Waals surface area contributed by atoms with Gasteiger partial charge in [-0.3, -0.25) is 14.0 Å². The van der Waals surface area contributed by atoms with Crippen LogP contribution in [0.1, 0.15) is 65.2 Å². The van der Waals surface area contributed by atoms with E-state index >= 15 is 0 Å². The van der Waals surface area contributed by atoms with Crippen LogP contribution in [0.5, 0.6) is 0 Å². The van der Waals surface area contributed by atoms with Crippen LogP contribution in [0.2, 0.25) is 30.1 Å². The van der Waals surface area contributed by atoms with E-state index < -0.39 is 25.2 Å². The minimum atomic E-state index is -3.84. The highest BCUT2D eigenvalue weighted by atomic mass is 35.7. The Balaban J connectivity index is 0.000000175. The van der Waals surface area contributed by atoms with Crippen molar-refractivity contribution in [3.63, 3.8) is 0 Å². The molecule has 87 heavy (non-hydrogen) atoms. The van der Waals surface area contributed by atoms with Crippen LogP contribution in [-0.4, -0.2) is 134 Å². The van der Waals surface area contributed by atoms with Gasteiger partial charge in [-0.2, -0.15) is 19.6 Å². The summed E-state index contributed by atoms with van der Waals surface area (Å²) < 4.78 is 62.7. The van der Waals surface area contributed by atoms with E-state index in [4.69, 9.17) is 100 Å². The molecule has 17 nitrogen and oxygen atoms in total. The van der Waals surface area contributed by atoms with Crippen molar-refractivity contribution in [1.82, 2.24) is 38.5 Å². The number of para-hydroxylation sites is 1. The summed E-state index contributed by atoms with van der Waals surface area (Å²) in [6.07, 6.45) is -0.420. The lowest BCUT2D eigenvalue weighted by atomic mass is 10.2. The van der Waals surface area contributed by atoms with Crippen LogP contribution in [0, 0.1) is 0 Å². The molecule has 10 rings (SSSR count). The van der Waals surface area contributed by atoms with Gasteiger partial charge in [-0.25, -0.2) is 21.6 Å². The van der Waals surface area contributed by atoms with Crippen LogP contribution in [0.4, 0.5) is 22.2 Å². The molecule has 0 aliphatic carbocycles. The van der Waals surface area contributed by atoms with Crippen LogP contribution >= 0.6 is 80.3 Å². The average Bonchev–Trinajstić information content (AvgIpc) is 1.85. The predicted octanol–water partition coefficient (Wildman–Crippen LogP) is 15.1. The first-order valence-corrected chi connectivity index (χ1v) is 34.5. The number of rotatable bonds is 19. The lowest BCUT2D eigenvalue weighted by Gasteiger charge is -2.33. The number of ether oxygens (including phenoxy) is 1. The lowest BCUT2D eigenvalue weighted by Crippen LogP contribution is -2.50. The molecule has 464 valence electrons. The van der Waals surface area contributed by atoms with E-state index in [1.54, 1.807) is 78.3 Å². The van der Waals surface area contributed by atoms with Gasteiger partial charge in [-0.05, 0) is 133 Å². The van der Waals surface area contributed by atoms with E-state index in [1.807, 2.05) is 67.4 Å². The van der Waals surface area contributed by atoms with Crippen molar-refractivity contribution in [2.24, 2.45) is 0 Å². The van der Waals surface area contributed by atoms with Crippen molar-refractivity contribution in [2.45, 2.75) is 77.9 Å². The van der Waals surface area contributed by atoms with Crippen LogP contribution in [0.25, 0.3) is 32.7 Å². The van der Waals surface area contributed by atoms with Gasteiger partial charge < -0.3 is 24.3 Å². The first-order chi connectivity index (χ1) is 41.6. The molecule has 1 amide bonds. The first kappa shape index (κ1) is 67.2. The third-order valence-electron chi connectivity index (χ3n) is 15.0. The molecule has 1 aliphatic rings. The smallest absolute Gasteiger partial charge is 0.409 e. The zero-order valence-electron chi connectivity index (χ0n) is 49.2. The van der Waals surface area contributed by atoms with Crippen molar-refractivity contribution in [3.8, 4) is 0 Å². The Hall–Kier alpha value is -5.71. The molecule has 1 saturated heterocycles. The van der Waals surface area contributed by atoms with Crippen LogP contribution in [-0.2, 0) is 43.4 Å². The number of halogens is 7. The number of carbonyl (C=O) groups is 1. The zero-order chi connectivity index (χ0) is 62.9. The summed E-state index contributed by atoms with van der Waals surface area (Å²) in [6.45, 7) is 21.3. The molecule has 4 heterocycles. The number of hydrogen-bond acceptors (Lipinski definition) is 12. The largest absolute Gasteiger partial charge is 0.450 e. The molecule has 0 N–H and O–H groups in total. The standard InChI is InChI=1S/C25H31Cl2N5O4S.C18H18Cl3N3O2S.C18H19Cl2N3/c1-4-29(5-2)24-19-16-18(37(34,35)31-14-12-30(13-15-31)25(33)36-6-3)10-11-23(19)32(28-24)17-20-21(26)8-7-9-22(20)27;1-3-23(4-2)18-13-10-12(27(21,25)26)8-9-17(13)24(22-18)11-14-15(19)6-5-7-16(14)20;1-3-22(4-2)18-13-8-5-6-11-17(13)23(21-18)12-14-15(19)9-7-10-16(14)20/h7-11,16H,4-6,12-15,17H2,1-3H3;5-10H,3-4,11H2,1-2H3;5-11H,3-4,12H2,1-2H3. The topological polar surface area (TPSA) is 164 Å². The number of fused-ring (bicyclic) bond motifs is 3. The summed E-state index contributed by atoms with van der Waals surface area (Å²) in [5.74, 6) is 2.40. The predicted molar refractivity (Wildman–Crippen MR) is 357 cm³/mol. The Morgan fingerprint density at radius 3 is 1.17 bits per heavy atom. The monoisotopic (exact) mass is 1360 g/mol. The second kappa shape index (κ2) is 29.7. The lowest BCUT2D eigenvalue weighted by molar-refractivity contribution is 0.0934. The third kappa shape index (κ3) is 15.1. The second-order valence-electron chi connectivity index (χ2n) is 20.0. The van der Waals surface area contributed by atoms with Gasteiger partial charge in [0.25, 0.3) is 9.05 Å². The molecule has 9 aromatic rings. The molecule has 0 bridgehead atoms. The minimum absolute atomic E-state index is 0.0420. The second-order valence-corrected chi connectivity index (χ2v) is 26.9. The van der Waals surface area contributed by atoms with E-state index in [9.17, 15) is 21.6 Å². The van der Waals surface area contributed by atoms with Crippen LogP contribution in [0.3, 0.4) is 0 Å². The number of hydrogen-bond donors (Lipinski definition) is 0. The Bertz CT molecular complexity index is 4070. The highest BCUT2D eigenvalue weighted by Crippen LogP contribution is 2.36. The van der Waals surface area contributed by atoms with Crippen LogP contribution < -0.4 is 14.7 Å². The van der Waals surface area contributed by atoms with Gasteiger partial charge in [0.15, 0.2) is 17.5 Å². The molecule has 0 atom stereocenters. The molecule has 6 aromatic carbocycles. The van der Waals surface area contributed by atoms with E-state index in [-0.39, 0.29) is 42.6 Å². The maximum Gasteiger partial charge on any atom is 0.409 e. The van der Waals surface area contributed by atoms with E-state index in [2.05, 4.69) is 40.7 Å². The summed E-state index contributed by atoms with van der Waals surface area (Å²) in [6, 6.07) is 34.4. The summed E-state index contributed by atoms with van der Waals surface area (Å²) >= 11 is 38.1. The van der Waals surface area contributed by atoms with Gasteiger partial charge in [0.2, 0.25) is 10.0 Å². The summed E-state index contributed by atoms with van der Waals surface area (Å²) in [5.41, 5.74) is 5.05. The number of nitrogens with zero attached hydrogens (tertiary/aromatic N) is 11. The number of anilines is 3. The molecule has 1 fully saturated rings. The van der Waals surface area contributed by atoms with Crippen LogP contribution in [0.15, 0.2) is 125 Å². The van der Waals surface area contributed by atoms with Gasteiger partial charge in [0.1, 0.15) is 0 Å². The minimum Gasteiger partial charge on any atom is -0.450 e. The fourth-order valence-electron chi connectivity index (χ4n) is 10.3. The fourth-order valence-corrected chi connectivity index (χ4v) is 14.1. The molecule has 0 radical (unpaired) electrons. The van der Waals surface area contributed by atoms with Gasteiger partial charge in [-0.1, -0.05) is 99.9 Å². The first-order valence-electron chi connectivity index (χ1n) is 28.5. The summed E-state index contributed by atoms with van der Waals surface area (Å²) in [5, 5.41) is 20.5. The summed E-state index contributed by atoms with van der Waals surface area (Å²) in [7, 11) is -2.08. The van der Waals surface area contributed by atoms with Gasteiger partial charge >= 0.3 is 6.09 Å². The Labute approximate surface area is 543 Å². The van der Waals surface area contributed by atoms with Gasteiger partial charge in [-0.15, -0.1) is 0 Å². The molecular weight excluding hydrogens is 1300 g/mol. The fraction of sp³-hybridized carbons (Fsp3) is 0.344. The maximum atomic E-state index is 13.6. The van der Waals surface area contributed by atoms with Gasteiger partial charge in [0, 0.05) is 139 Å². The molecule has 0 unspecified atom stereocenters. The highest BCUT2D eigenvalue weighted by molar-refractivity contribution is 8.13. The molecule has 0 spiro atoms. The number of amides is 1. The Morgan fingerprint density at radius 2 is 0.805 bits per heavy atom. The average molecular weight is 1360 g/mol. The van der Waals surface area contributed by atoms with Crippen molar-refractivity contribution in [1.29, 1.82) is 0 Å². The highest BCUT2D eigenvalue weighted by Gasteiger charge is 2.32. The molecule has 3 aromatic heterocycles. The number of piperazine rings is 1. The van der Waals surface area contributed by atoms with E-state index in [0.717, 1.165) is 76.0 Å². The van der Waals surface area contributed by atoms with E-state index in [0.29, 0.717) is 79.9 Å². The van der Waals surface area contributed by atoms with E-state index in [1.165, 1.54) is 15.3 Å². The van der Waals surface area contributed by atoms with Crippen molar-refractivity contribution >= 4 is 156 Å². The SMILES string of the molecule is CCN(CC)c1nn(Cc2c(Cl)cccc2Cl)c2ccc(S(=O)(=O)Cl)cc12.CCN(CC)c1nn(Cc2c(Cl)cccc2Cl)c2ccccc12.CCOC(=O)N1CCN(S(=O)(=O)c2ccc3c(c2)c(N(CC)CC)nn3Cc2c(Cl)cccc2Cl)CC1. The molecule has 26 heteroatoms. The Morgan fingerprint density at radius 1 is 0.460 bits per heavy atom. The zero-order valence-corrected chi connectivity index (χ0v) is 56.1. The normalized spacial score (nSPS) is 12.9. The number of aromatic nitrogens is 6. The number of carbonyl (C=O) groups excluding carboxylic acids is 1. The maximum absolute atomic E-state index is 13.6. The molecule has 1 aliphatic heterocycles. The number of benzene rings is 6. The van der Waals surface area contributed by atoms with Crippen molar-refractivity contribution < 1.29 is 26.4 Å². The van der Waals surface area contributed by atoms with Crippen molar-refractivity contribution in [3.05, 3.63) is 162 Å².